The minimum atomic E-state index is -0.550. The van der Waals surface area contributed by atoms with Crippen LogP contribution in [0.3, 0.4) is 0 Å². The summed E-state index contributed by atoms with van der Waals surface area (Å²) < 4.78 is 6.46. The third-order valence-electron chi connectivity index (χ3n) is 2.47. The predicted molar refractivity (Wildman–Crippen MR) is 80.2 cm³/mol. The lowest BCUT2D eigenvalue weighted by molar-refractivity contribution is -0.127. The molecule has 1 atom stereocenters. The van der Waals surface area contributed by atoms with E-state index in [0.29, 0.717) is 12.3 Å². The van der Waals surface area contributed by atoms with Crippen LogP contribution in [0.15, 0.2) is 35.3 Å². The fourth-order valence-corrected chi connectivity index (χ4v) is 2.03. The van der Waals surface area contributed by atoms with Gasteiger partial charge in [-0.25, -0.2) is 0 Å². The summed E-state index contributed by atoms with van der Waals surface area (Å²) in [4.78, 5) is 11.7. The molecule has 0 spiro atoms. The topological polar surface area (TPSA) is 50.4 Å². The van der Waals surface area contributed by atoms with Crippen molar-refractivity contribution >= 4 is 21.8 Å². The van der Waals surface area contributed by atoms with Crippen LogP contribution >= 0.6 is 15.9 Å². The van der Waals surface area contributed by atoms with Crippen molar-refractivity contribution in [3.8, 4) is 5.75 Å². The molecule has 0 aliphatic rings. The standard InChI is InChI=1S/C14H19BrN2O2/c1-4-7-17-14(18)10(2)19-13-6-5-11(9-16-3)8-12(13)15/h4-6,8,10,16H,1,7,9H2,2-3H3,(H,17,18). The average molecular weight is 327 g/mol. The smallest absolute Gasteiger partial charge is 0.261 e. The number of carbonyl (C=O) groups excluding carboxylic acids is 1. The zero-order valence-corrected chi connectivity index (χ0v) is 12.8. The van der Waals surface area contributed by atoms with Crippen molar-refractivity contribution in [1.82, 2.24) is 10.6 Å². The van der Waals surface area contributed by atoms with Gasteiger partial charge in [0.05, 0.1) is 4.47 Å². The van der Waals surface area contributed by atoms with Crippen molar-refractivity contribution in [2.45, 2.75) is 19.6 Å². The zero-order chi connectivity index (χ0) is 14.3. The highest BCUT2D eigenvalue weighted by molar-refractivity contribution is 9.10. The molecule has 0 bridgehead atoms. The molecule has 4 nitrogen and oxygen atoms in total. The SMILES string of the molecule is C=CCNC(=O)C(C)Oc1ccc(CNC)cc1Br. The second-order valence-electron chi connectivity index (χ2n) is 4.09. The highest BCUT2D eigenvalue weighted by atomic mass is 79.9. The number of carbonyl (C=O) groups is 1. The van der Waals surface area contributed by atoms with Gasteiger partial charge >= 0.3 is 0 Å². The van der Waals surface area contributed by atoms with E-state index in [1.165, 1.54) is 0 Å². The molecule has 2 N–H and O–H groups in total. The van der Waals surface area contributed by atoms with Crippen molar-refractivity contribution in [3.63, 3.8) is 0 Å². The van der Waals surface area contributed by atoms with Gasteiger partial charge in [-0.05, 0) is 47.6 Å². The third-order valence-corrected chi connectivity index (χ3v) is 3.09. The van der Waals surface area contributed by atoms with Gasteiger partial charge in [0.15, 0.2) is 6.10 Å². The van der Waals surface area contributed by atoms with Crippen LogP contribution in [0.2, 0.25) is 0 Å². The van der Waals surface area contributed by atoms with Crippen LogP contribution in [0.5, 0.6) is 5.75 Å². The van der Waals surface area contributed by atoms with Crippen LogP contribution in [-0.4, -0.2) is 25.6 Å². The molecule has 1 rings (SSSR count). The molecule has 0 aliphatic heterocycles. The molecule has 19 heavy (non-hydrogen) atoms. The van der Waals surface area contributed by atoms with Gasteiger partial charge in [-0.1, -0.05) is 12.1 Å². The van der Waals surface area contributed by atoms with Crippen LogP contribution in [-0.2, 0) is 11.3 Å². The van der Waals surface area contributed by atoms with E-state index in [2.05, 4.69) is 33.1 Å². The van der Waals surface area contributed by atoms with Crippen LogP contribution in [0, 0.1) is 0 Å². The fourth-order valence-electron chi connectivity index (χ4n) is 1.51. The number of rotatable bonds is 7. The van der Waals surface area contributed by atoms with Gasteiger partial charge in [0.1, 0.15) is 5.75 Å². The van der Waals surface area contributed by atoms with Gasteiger partial charge in [-0.3, -0.25) is 4.79 Å². The number of benzene rings is 1. The summed E-state index contributed by atoms with van der Waals surface area (Å²) in [7, 11) is 1.89. The Balaban J connectivity index is 2.66. The summed E-state index contributed by atoms with van der Waals surface area (Å²) in [6.45, 7) is 6.49. The molecular formula is C14H19BrN2O2. The maximum absolute atomic E-state index is 11.7. The van der Waals surface area contributed by atoms with E-state index in [9.17, 15) is 4.79 Å². The Kier molecular flexibility index (Phi) is 6.59. The summed E-state index contributed by atoms with van der Waals surface area (Å²) >= 11 is 3.45. The van der Waals surface area contributed by atoms with Crippen molar-refractivity contribution in [2.24, 2.45) is 0 Å². The Morgan fingerprint density at radius 2 is 2.32 bits per heavy atom. The first kappa shape index (κ1) is 15.7. The van der Waals surface area contributed by atoms with E-state index in [1.54, 1.807) is 13.0 Å². The average Bonchev–Trinajstić information content (AvgIpc) is 2.39. The maximum Gasteiger partial charge on any atom is 0.261 e. The van der Waals surface area contributed by atoms with Gasteiger partial charge in [0, 0.05) is 13.1 Å². The summed E-state index contributed by atoms with van der Waals surface area (Å²) in [5, 5.41) is 5.77. The lowest BCUT2D eigenvalue weighted by Gasteiger charge is -2.15. The molecule has 0 fully saturated rings. The molecule has 0 aliphatic carbocycles. The fraction of sp³-hybridized carbons (Fsp3) is 0.357. The van der Waals surface area contributed by atoms with E-state index >= 15 is 0 Å². The minimum Gasteiger partial charge on any atom is -0.480 e. The maximum atomic E-state index is 11.7. The highest BCUT2D eigenvalue weighted by Gasteiger charge is 2.15. The van der Waals surface area contributed by atoms with Crippen molar-refractivity contribution in [1.29, 1.82) is 0 Å². The summed E-state index contributed by atoms with van der Waals surface area (Å²) in [5.74, 6) is 0.493. The molecule has 0 aromatic heterocycles. The van der Waals surface area contributed by atoms with Gasteiger partial charge in [-0.2, -0.15) is 0 Å². The van der Waals surface area contributed by atoms with Crippen molar-refractivity contribution in [2.75, 3.05) is 13.6 Å². The summed E-state index contributed by atoms with van der Waals surface area (Å²) in [5.41, 5.74) is 1.14. The Bertz CT molecular complexity index is 449. The molecular weight excluding hydrogens is 308 g/mol. The van der Waals surface area contributed by atoms with Crippen LogP contribution in [0.25, 0.3) is 0 Å². The highest BCUT2D eigenvalue weighted by Crippen LogP contribution is 2.26. The van der Waals surface area contributed by atoms with Gasteiger partial charge in [0.2, 0.25) is 0 Å². The van der Waals surface area contributed by atoms with E-state index in [0.717, 1.165) is 16.6 Å². The van der Waals surface area contributed by atoms with Gasteiger partial charge in [-0.15, -0.1) is 6.58 Å². The summed E-state index contributed by atoms with van der Waals surface area (Å²) in [6.07, 6.45) is 1.08. The second kappa shape index (κ2) is 7.96. The van der Waals surface area contributed by atoms with E-state index in [4.69, 9.17) is 4.74 Å². The Morgan fingerprint density at radius 1 is 1.58 bits per heavy atom. The van der Waals surface area contributed by atoms with Crippen molar-refractivity contribution < 1.29 is 9.53 Å². The van der Waals surface area contributed by atoms with E-state index in [-0.39, 0.29) is 5.91 Å². The Labute approximate surface area is 122 Å². The lowest BCUT2D eigenvalue weighted by Crippen LogP contribution is -2.36. The number of nitrogens with one attached hydrogen (secondary N) is 2. The monoisotopic (exact) mass is 326 g/mol. The lowest BCUT2D eigenvalue weighted by atomic mass is 10.2. The molecule has 1 unspecified atom stereocenters. The number of hydrogen-bond acceptors (Lipinski definition) is 3. The summed E-state index contributed by atoms with van der Waals surface area (Å²) in [6, 6.07) is 5.79. The van der Waals surface area contributed by atoms with Crippen molar-refractivity contribution in [3.05, 3.63) is 40.9 Å². The molecule has 1 aromatic rings. The molecule has 0 saturated heterocycles. The van der Waals surface area contributed by atoms with Crippen LogP contribution < -0.4 is 15.4 Å². The first-order chi connectivity index (χ1) is 9.08. The number of ether oxygens (including phenoxy) is 1. The Hall–Kier alpha value is -1.33. The quantitative estimate of drug-likeness (QED) is 0.755. The third kappa shape index (κ3) is 5.04. The predicted octanol–water partition coefficient (Wildman–Crippen LogP) is 2.24. The van der Waals surface area contributed by atoms with E-state index < -0.39 is 6.10 Å². The molecule has 1 aromatic carbocycles. The molecule has 0 saturated carbocycles. The number of hydrogen-bond donors (Lipinski definition) is 2. The van der Waals surface area contributed by atoms with Crippen LogP contribution in [0.4, 0.5) is 0 Å². The molecule has 1 amide bonds. The normalized spacial score (nSPS) is 11.7. The molecule has 0 radical (unpaired) electrons. The number of amides is 1. The molecule has 0 heterocycles. The first-order valence-electron chi connectivity index (χ1n) is 6.06. The number of halogens is 1. The Morgan fingerprint density at radius 3 is 2.89 bits per heavy atom. The van der Waals surface area contributed by atoms with E-state index in [1.807, 2.05) is 25.2 Å². The molecule has 5 heteroatoms. The van der Waals surface area contributed by atoms with Crippen LogP contribution in [0.1, 0.15) is 12.5 Å². The first-order valence-corrected chi connectivity index (χ1v) is 6.86. The zero-order valence-electron chi connectivity index (χ0n) is 11.2. The van der Waals surface area contributed by atoms with Gasteiger partial charge in [0.25, 0.3) is 5.91 Å². The minimum absolute atomic E-state index is 0.161. The largest absolute Gasteiger partial charge is 0.480 e. The second-order valence-corrected chi connectivity index (χ2v) is 4.94. The van der Waals surface area contributed by atoms with Gasteiger partial charge < -0.3 is 15.4 Å². The molecule has 104 valence electrons.